The zero-order valence-electron chi connectivity index (χ0n) is 9.91. The number of hydrogen-bond donors (Lipinski definition) is 2. The van der Waals surface area contributed by atoms with Crippen LogP contribution in [0, 0.1) is 11.3 Å². The minimum atomic E-state index is 0.472. The summed E-state index contributed by atoms with van der Waals surface area (Å²) >= 11 is 0. The van der Waals surface area contributed by atoms with Crippen LogP contribution in [0.1, 0.15) is 5.56 Å². The average Bonchev–Trinajstić information content (AvgIpc) is 2.82. The molecule has 0 saturated heterocycles. The molecule has 0 bridgehead atoms. The van der Waals surface area contributed by atoms with E-state index in [0.717, 1.165) is 5.69 Å². The Morgan fingerprint density at radius 3 is 2.74 bits per heavy atom. The van der Waals surface area contributed by atoms with Gasteiger partial charge >= 0.3 is 0 Å². The summed E-state index contributed by atoms with van der Waals surface area (Å²) in [6, 6.07) is 12.7. The van der Waals surface area contributed by atoms with Crippen molar-refractivity contribution in [3.63, 3.8) is 0 Å². The molecule has 0 amide bonds. The van der Waals surface area contributed by atoms with Crippen LogP contribution >= 0.6 is 0 Å². The summed E-state index contributed by atoms with van der Waals surface area (Å²) in [6.45, 7) is 0. The zero-order chi connectivity index (χ0) is 13.2. The van der Waals surface area contributed by atoms with Crippen LogP contribution in [-0.2, 0) is 0 Å². The lowest BCUT2D eigenvalue weighted by Gasteiger charge is -2.00. The molecule has 3 rings (SSSR count). The van der Waals surface area contributed by atoms with Crippen LogP contribution in [0.3, 0.4) is 0 Å². The molecule has 2 aromatic heterocycles. The highest BCUT2D eigenvalue weighted by Crippen LogP contribution is 2.16. The number of nitrogen functional groups attached to an aromatic ring is 1. The minimum absolute atomic E-state index is 0.472. The number of hydrogen-bond acceptors (Lipinski definition) is 5. The van der Waals surface area contributed by atoms with E-state index < -0.39 is 0 Å². The van der Waals surface area contributed by atoms with E-state index in [4.69, 9.17) is 11.0 Å². The van der Waals surface area contributed by atoms with Gasteiger partial charge in [0.2, 0.25) is 5.95 Å². The molecule has 0 radical (unpaired) electrons. The summed E-state index contributed by atoms with van der Waals surface area (Å²) in [6.07, 6.45) is 1.70. The quantitative estimate of drug-likeness (QED) is 0.678. The second kappa shape index (κ2) is 4.31. The van der Waals surface area contributed by atoms with Crippen molar-refractivity contribution in [3.8, 4) is 6.07 Å². The number of nitrogens with two attached hydrogens (primary N) is 1. The topological polar surface area (TPSA) is 92.0 Å². The van der Waals surface area contributed by atoms with E-state index in [-0.39, 0.29) is 0 Å². The molecule has 0 saturated carbocycles. The minimum Gasteiger partial charge on any atom is -0.399 e. The molecule has 0 aliphatic rings. The van der Waals surface area contributed by atoms with E-state index >= 15 is 0 Å². The van der Waals surface area contributed by atoms with Gasteiger partial charge in [-0.1, -0.05) is 0 Å². The first kappa shape index (κ1) is 11.0. The first-order valence-corrected chi connectivity index (χ1v) is 5.64. The molecule has 92 valence electrons. The maximum atomic E-state index is 8.83. The van der Waals surface area contributed by atoms with Gasteiger partial charge in [0.1, 0.15) is 0 Å². The number of benzene rings is 1. The Morgan fingerprint density at radius 1 is 1.21 bits per heavy atom. The number of nitriles is 1. The van der Waals surface area contributed by atoms with Crippen molar-refractivity contribution in [1.82, 2.24) is 14.6 Å². The Morgan fingerprint density at radius 2 is 2.00 bits per heavy atom. The van der Waals surface area contributed by atoms with E-state index in [1.807, 2.05) is 12.1 Å². The number of anilines is 3. The van der Waals surface area contributed by atoms with Crippen LogP contribution < -0.4 is 11.1 Å². The van der Waals surface area contributed by atoms with Gasteiger partial charge in [-0.25, -0.2) is 4.52 Å². The SMILES string of the molecule is N#Cc1ccn2nc(Nc3ccc(N)cc3)nc2c1. The van der Waals surface area contributed by atoms with Gasteiger partial charge in [0.15, 0.2) is 5.65 Å². The highest BCUT2D eigenvalue weighted by Gasteiger charge is 2.04. The van der Waals surface area contributed by atoms with E-state index in [1.165, 1.54) is 0 Å². The molecule has 0 aliphatic carbocycles. The predicted octanol–water partition coefficient (Wildman–Crippen LogP) is 1.93. The maximum Gasteiger partial charge on any atom is 0.247 e. The van der Waals surface area contributed by atoms with Gasteiger partial charge in [-0.15, -0.1) is 5.10 Å². The molecule has 0 aliphatic heterocycles. The molecule has 3 N–H and O–H groups in total. The third-order valence-electron chi connectivity index (χ3n) is 2.63. The van der Waals surface area contributed by atoms with Gasteiger partial charge in [-0.3, -0.25) is 0 Å². The monoisotopic (exact) mass is 250 g/mol. The maximum absolute atomic E-state index is 8.83. The highest BCUT2D eigenvalue weighted by atomic mass is 15.3. The second-order valence-corrected chi connectivity index (χ2v) is 4.01. The average molecular weight is 250 g/mol. The normalized spacial score (nSPS) is 10.3. The molecule has 19 heavy (non-hydrogen) atoms. The van der Waals surface area contributed by atoms with Crippen LogP contribution in [0.4, 0.5) is 17.3 Å². The molecule has 0 unspecified atom stereocenters. The van der Waals surface area contributed by atoms with Crippen LogP contribution in [0.15, 0.2) is 42.6 Å². The van der Waals surface area contributed by atoms with E-state index in [2.05, 4.69) is 21.5 Å². The molecule has 0 spiro atoms. The number of pyridine rings is 1. The van der Waals surface area contributed by atoms with Gasteiger partial charge in [0.25, 0.3) is 0 Å². The molecule has 2 heterocycles. The second-order valence-electron chi connectivity index (χ2n) is 4.01. The predicted molar refractivity (Wildman–Crippen MR) is 71.8 cm³/mol. The van der Waals surface area contributed by atoms with Crippen molar-refractivity contribution < 1.29 is 0 Å². The highest BCUT2D eigenvalue weighted by molar-refractivity contribution is 5.59. The van der Waals surface area contributed by atoms with E-state index in [9.17, 15) is 0 Å². The summed E-state index contributed by atoms with van der Waals surface area (Å²) in [5.74, 6) is 0.472. The van der Waals surface area contributed by atoms with E-state index in [0.29, 0.717) is 22.8 Å². The van der Waals surface area contributed by atoms with Gasteiger partial charge in [-0.2, -0.15) is 10.2 Å². The van der Waals surface area contributed by atoms with Gasteiger partial charge < -0.3 is 11.1 Å². The third kappa shape index (κ3) is 2.17. The van der Waals surface area contributed by atoms with Crippen molar-refractivity contribution in [2.75, 3.05) is 11.1 Å². The fraction of sp³-hybridized carbons (Fsp3) is 0. The summed E-state index contributed by atoms with van der Waals surface area (Å²) < 4.78 is 1.61. The van der Waals surface area contributed by atoms with Crippen molar-refractivity contribution in [1.29, 1.82) is 5.26 Å². The fourth-order valence-electron chi connectivity index (χ4n) is 1.70. The lowest BCUT2D eigenvalue weighted by atomic mass is 10.3. The summed E-state index contributed by atoms with van der Waals surface area (Å²) in [5, 5.41) is 16.2. The van der Waals surface area contributed by atoms with Crippen molar-refractivity contribution in [2.45, 2.75) is 0 Å². The number of rotatable bonds is 2. The number of aromatic nitrogens is 3. The standard InChI is InChI=1S/C13H10N6/c14-8-9-5-6-19-12(7-9)17-13(18-19)16-11-3-1-10(15)2-4-11/h1-7H,15H2,(H,16,18). The van der Waals surface area contributed by atoms with Gasteiger partial charge in [0, 0.05) is 23.6 Å². The zero-order valence-corrected chi connectivity index (χ0v) is 9.91. The Labute approximate surface area is 109 Å². The Hall–Kier alpha value is -3.07. The van der Waals surface area contributed by atoms with Crippen molar-refractivity contribution in [2.24, 2.45) is 0 Å². The lowest BCUT2D eigenvalue weighted by Crippen LogP contribution is -1.93. The van der Waals surface area contributed by atoms with Crippen LogP contribution in [0.5, 0.6) is 0 Å². The largest absolute Gasteiger partial charge is 0.399 e. The van der Waals surface area contributed by atoms with Crippen LogP contribution in [0.2, 0.25) is 0 Å². The first-order chi connectivity index (χ1) is 9.24. The summed E-state index contributed by atoms with van der Waals surface area (Å²) in [7, 11) is 0. The number of nitrogens with one attached hydrogen (secondary N) is 1. The third-order valence-corrected chi connectivity index (χ3v) is 2.63. The molecular formula is C13H10N6. The Kier molecular flexibility index (Phi) is 2.50. The molecular weight excluding hydrogens is 240 g/mol. The smallest absolute Gasteiger partial charge is 0.247 e. The van der Waals surface area contributed by atoms with Crippen molar-refractivity contribution >= 4 is 23.0 Å². The lowest BCUT2D eigenvalue weighted by molar-refractivity contribution is 0.964. The molecule has 6 heteroatoms. The molecule has 0 fully saturated rings. The molecule has 0 atom stereocenters. The first-order valence-electron chi connectivity index (χ1n) is 5.64. The summed E-state index contributed by atoms with van der Waals surface area (Å²) in [5.41, 5.74) is 8.35. The molecule has 6 nitrogen and oxygen atoms in total. The Balaban J connectivity index is 1.93. The van der Waals surface area contributed by atoms with E-state index in [1.54, 1.807) is 35.0 Å². The summed E-state index contributed by atoms with van der Waals surface area (Å²) in [4.78, 5) is 4.30. The van der Waals surface area contributed by atoms with Crippen LogP contribution in [0.25, 0.3) is 5.65 Å². The number of fused-ring (bicyclic) bond motifs is 1. The fourth-order valence-corrected chi connectivity index (χ4v) is 1.70. The van der Waals surface area contributed by atoms with Crippen molar-refractivity contribution in [3.05, 3.63) is 48.2 Å². The van der Waals surface area contributed by atoms with Gasteiger partial charge in [-0.05, 0) is 30.3 Å². The Bertz CT molecular complexity index is 766. The molecule has 3 aromatic rings. The van der Waals surface area contributed by atoms with Gasteiger partial charge in [0.05, 0.1) is 11.6 Å². The number of nitrogens with zero attached hydrogens (tertiary/aromatic N) is 4. The van der Waals surface area contributed by atoms with Crippen LogP contribution in [-0.4, -0.2) is 14.6 Å². The molecule has 1 aromatic carbocycles.